The molecule has 2 N–H and O–H groups in total. The Hall–Kier alpha value is -0.610. The molecular formula is C7H17NO3. The summed E-state index contributed by atoms with van der Waals surface area (Å²) in [5.41, 5.74) is 2.43. The number of rotatable bonds is 1. The fourth-order valence-electron chi connectivity index (χ4n) is 0.250. The highest BCUT2D eigenvalue weighted by Crippen LogP contribution is 2.15. The Kier molecular flexibility index (Phi) is 19.2. The molecule has 68 valence electrons. The van der Waals surface area contributed by atoms with Crippen LogP contribution in [0.5, 0.6) is 0 Å². The number of hydroxylamine groups is 1. The number of nitrogens with one attached hydrogen (secondary N) is 1. The fraction of sp³-hybridized carbons (Fsp3) is 0.857. The summed E-state index contributed by atoms with van der Waals surface area (Å²) in [4.78, 5) is 12.7. The van der Waals surface area contributed by atoms with Crippen molar-refractivity contribution in [2.45, 2.75) is 25.7 Å². The molecule has 4 heteroatoms. The first-order valence-electron chi connectivity index (χ1n) is 3.61. The Morgan fingerprint density at radius 2 is 1.55 bits per heavy atom. The molecule has 0 aromatic carbocycles. The molecule has 0 unspecified atom stereocenters. The largest absolute Gasteiger partial charge is 0.483 e. The Morgan fingerprint density at radius 3 is 1.55 bits per heavy atom. The highest BCUT2D eigenvalue weighted by atomic mass is 16.6. The molecule has 0 aromatic rings. The van der Waals surface area contributed by atoms with Crippen molar-refractivity contribution in [2.24, 2.45) is 0 Å². The Morgan fingerprint density at radius 1 is 1.36 bits per heavy atom. The predicted octanol–water partition coefficient (Wildman–Crippen LogP) is 1.03. The first kappa shape index (κ1) is 13.0. The van der Waals surface area contributed by atoms with Crippen molar-refractivity contribution in [3.05, 3.63) is 0 Å². The van der Waals surface area contributed by atoms with Crippen molar-refractivity contribution in [1.29, 1.82) is 0 Å². The van der Waals surface area contributed by atoms with Gasteiger partial charge in [-0.05, 0) is 0 Å². The summed E-state index contributed by atoms with van der Waals surface area (Å²) in [6.07, 6.45) is 6.00. The molecule has 0 aromatic heterocycles. The average molecular weight is 163 g/mol. The van der Waals surface area contributed by atoms with Gasteiger partial charge in [-0.1, -0.05) is 25.7 Å². The van der Waals surface area contributed by atoms with Crippen LogP contribution in [-0.2, 0) is 9.63 Å². The van der Waals surface area contributed by atoms with Crippen LogP contribution in [0.3, 0.4) is 0 Å². The molecule has 1 aliphatic rings. The van der Waals surface area contributed by atoms with Crippen molar-refractivity contribution in [3.63, 3.8) is 0 Å². The highest BCUT2D eigenvalue weighted by molar-refractivity contribution is 5.32. The smallest absolute Gasteiger partial charge is 0.290 e. The summed E-state index contributed by atoms with van der Waals surface area (Å²) < 4.78 is 0. The third kappa shape index (κ3) is 26.6. The summed E-state index contributed by atoms with van der Waals surface area (Å²) in [5.74, 6) is 0. The van der Waals surface area contributed by atoms with Gasteiger partial charge in [-0.15, -0.1) is 0 Å². The van der Waals surface area contributed by atoms with Gasteiger partial charge in [-0.3, -0.25) is 4.79 Å². The topological polar surface area (TPSA) is 58.6 Å². The van der Waals surface area contributed by atoms with Crippen LogP contribution in [0.15, 0.2) is 0 Å². The normalized spacial score (nSPS) is 12.5. The molecule has 0 radical (unpaired) electrons. The van der Waals surface area contributed by atoms with Gasteiger partial charge in [0.1, 0.15) is 0 Å². The molecule has 0 aliphatic heterocycles. The average Bonchev–Trinajstić information content (AvgIpc) is 1.85. The Bertz CT molecular complexity index is 58.7. The van der Waals surface area contributed by atoms with E-state index >= 15 is 0 Å². The summed E-state index contributed by atoms with van der Waals surface area (Å²) in [5, 5.41) is 6.89. The van der Waals surface area contributed by atoms with Gasteiger partial charge in [-0.25, -0.2) is 5.48 Å². The van der Waals surface area contributed by atoms with Crippen molar-refractivity contribution in [3.8, 4) is 0 Å². The van der Waals surface area contributed by atoms with Gasteiger partial charge in [0.05, 0.1) is 7.11 Å². The summed E-state index contributed by atoms with van der Waals surface area (Å²) in [6.45, 7) is -0.250. The third-order valence-electron chi connectivity index (χ3n) is 1.20. The van der Waals surface area contributed by atoms with Crippen molar-refractivity contribution >= 4 is 6.47 Å². The molecule has 4 nitrogen and oxygen atoms in total. The molecule has 1 rings (SSSR count). The van der Waals surface area contributed by atoms with E-state index in [4.69, 9.17) is 9.90 Å². The number of carbonyl (C=O) groups is 1. The van der Waals surface area contributed by atoms with Crippen LogP contribution in [-0.4, -0.2) is 25.7 Å². The van der Waals surface area contributed by atoms with Gasteiger partial charge in [-0.2, -0.15) is 0 Å². The van der Waals surface area contributed by atoms with E-state index in [0.717, 1.165) is 0 Å². The van der Waals surface area contributed by atoms with E-state index < -0.39 is 0 Å². The molecular weight excluding hydrogens is 146 g/mol. The zero-order valence-electron chi connectivity index (χ0n) is 7.17. The van der Waals surface area contributed by atoms with Crippen molar-refractivity contribution < 1.29 is 14.7 Å². The summed E-state index contributed by atoms with van der Waals surface area (Å²) >= 11 is 0. The fourth-order valence-corrected chi connectivity index (χ4v) is 0.250. The maximum atomic E-state index is 8.36. The molecule has 0 bridgehead atoms. The third-order valence-corrected chi connectivity index (χ3v) is 1.20. The molecule has 0 heterocycles. The summed E-state index contributed by atoms with van der Waals surface area (Å²) in [7, 11) is 3.28. The molecule has 0 atom stereocenters. The summed E-state index contributed by atoms with van der Waals surface area (Å²) in [6, 6.07) is 0. The van der Waals surface area contributed by atoms with E-state index in [1.165, 1.54) is 25.7 Å². The maximum Gasteiger partial charge on any atom is 0.290 e. The van der Waals surface area contributed by atoms with Crippen LogP contribution in [0.4, 0.5) is 0 Å². The standard InChI is InChI=1S/C4H8.C2H7NO.CH2O2/c1-2-4-3-1;1-3-4-2;2-1-3/h1-4H2;3H,1-2H3;1H,(H,2,3). The number of carboxylic acid groups (broad SMARTS) is 1. The van der Waals surface area contributed by atoms with E-state index in [-0.39, 0.29) is 6.47 Å². The van der Waals surface area contributed by atoms with Crippen molar-refractivity contribution in [2.75, 3.05) is 14.2 Å². The maximum absolute atomic E-state index is 8.36. The van der Waals surface area contributed by atoms with Gasteiger partial charge >= 0.3 is 0 Å². The Labute approximate surface area is 67.5 Å². The quantitative estimate of drug-likeness (QED) is 0.447. The molecule has 1 saturated carbocycles. The van der Waals surface area contributed by atoms with Gasteiger partial charge in [0, 0.05) is 7.05 Å². The molecule has 11 heavy (non-hydrogen) atoms. The highest BCUT2D eigenvalue weighted by Gasteiger charge is 1.95. The Balaban J connectivity index is 0. The van der Waals surface area contributed by atoms with E-state index in [0.29, 0.717) is 0 Å². The molecule has 1 fully saturated rings. The second-order valence-electron chi connectivity index (χ2n) is 1.93. The second-order valence-corrected chi connectivity index (χ2v) is 1.93. The lowest BCUT2D eigenvalue weighted by Gasteiger charge is -2.05. The zero-order chi connectivity index (χ0) is 8.95. The zero-order valence-corrected chi connectivity index (χ0v) is 7.17. The van der Waals surface area contributed by atoms with Gasteiger partial charge in [0.2, 0.25) is 0 Å². The lowest BCUT2D eigenvalue weighted by molar-refractivity contribution is -0.122. The minimum absolute atomic E-state index is 0.250. The number of hydrogen-bond donors (Lipinski definition) is 2. The van der Waals surface area contributed by atoms with Crippen LogP contribution in [0.25, 0.3) is 0 Å². The van der Waals surface area contributed by atoms with Crippen LogP contribution in [0, 0.1) is 0 Å². The molecule has 0 saturated heterocycles. The van der Waals surface area contributed by atoms with E-state index in [1.54, 1.807) is 14.2 Å². The van der Waals surface area contributed by atoms with E-state index in [9.17, 15) is 0 Å². The van der Waals surface area contributed by atoms with Crippen molar-refractivity contribution in [1.82, 2.24) is 5.48 Å². The van der Waals surface area contributed by atoms with Gasteiger partial charge < -0.3 is 9.94 Å². The molecule has 0 spiro atoms. The SMILES string of the molecule is C1CCC1.CNOC.O=CO. The van der Waals surface area contributed by atoms with Crippen LogP contribution in [0.1, 0.15) is 25.7 Å². The lowest BCUT2D eigenvalue weighted by atomic mass is 10.0. The minimum Gasteiger partial charge on any atom is -0.483 e. The second kappa shape index (κ2) is 16.2. The van der Waals surface area contributed by atoms with E-state index in [2.05, 4.69) is 10.3 Å². The first-order chi connectivity index (χ1) is 5.33. The first-order valence-corrected chi connectivity index (χ1v) is 3.61. The lowest BCUT2D eigenvalue weighted by Crippen LogP contribution is -2.00. The van der Waals surface area contributed by atoms with E-state index in [1.807, 2.05) is 0 Å². The van der Waals surface area contributed by atoms with Crippen LogP contribution < -0.4 is 5.48 Å². The minimum atomic E-state index is -0.250. The number of hydrogen-bond acceptors (Lipinski definition) is 3. The van der Waals surface area contributed by atoms with Crippen LogP contribution >= 0.6 is 0 Å². The van der Waals surface area contributed by atoms with Gasteiger partial charge in [0.25, 0.3) is 6.47 Å². The monoisotopic (exact) mass is 163 g/mol. The van der Waals surface area contributed by atoms with Crippen LogP contribution in [0.2, 0.25) is 0 Å². The van der Waals surface area contributed by atoms with Gasteiger partial charge in [0.15, 0.2) is 0 Å². The predicted molar refractivity (Wildman–Crippen MR) is 43.2 cm³/mol. The molecule has 0 amide bonds. The molecule has 1 aliphatic carbocycles.